The van der Waals surface area contributed by atoms with Gasteiger partial charge in [0, 0.05) is 44.8 Å². The molecule has 7 heteroatoms. The van der Waals surface area contributed by atoms with Crippen LogP contribution in [0.1, 0.15) is 25.3 Å². The molecule has 0 bridgehead atoms. The van der Waals surface area contributed by atoms with Crippen molar-refractivity contribution in [2.75, 3.05) is 51.3 Å². The van der Waals surface area contributed by atoms with Crippen LogP contribution in [0.4, 0.5) is 5.69 Å². The van der Waals surface area contributed by atoms with Crippen LogP contribution in [0.3, 0.4) is 0 Å². The third kappa shape index (κ3) is 7.00. The Kier molecular flexibility index (Phi) is 8.72. The maximum Gasteiger partial charge on any atom is 0.241 e. The number of nitrogens with one attached hydrogen (secondary N) is 1. The van der Waals surface area contributed by atoms with Crippen molar-refractivity contribution in [2.45, 2.75) is 19.8 Å². The van der Waals surface area contributed by atoms with Gasteiger partial charge >= 0.3 is 0 Å². The average molecular weight is 425 g/mol. The number of methoxy groups -OCH3 is 1. The van der Waals surface area contributed by atoms with Crippen LogP contribution in [0, 0.1) is 0 Å². The maximum atomic E-state index is 12.2. The van der Waals surface area contributed by atoms with Crippen LogP contribution in [0.5, 0.6) is 11.5 Å². The van der Waals surface area contributed by atoms with E-state index in [1.807, 2.05) is 24.3 Å². The van der Waals surface area contributed by atoms with Crippen molar-refractivity contribution < 1.29 is 14.3 Å². The van der Waals surface area contributed by atoms with Gasteiger partial charge in [0.1, 0.15) is 0 Å². The molecule has 0 unspecified atom stereocenters. The van der Waals surface area contributed by atoms with Crippen molar-refractivity contribution in [3.63, 3.8) is 0 Å². The van der Waals surface area contributed by atoms with Crippen molar-refractivity contribution in [1.29, 1.82) is 0 Å². The van der Waals surface area contributed by atoms with Gasteiger partial charge in [-0.2, -0.15) is 5.10 Å². The van der Waals surface area contributed by atoms with Gasteiger partial charge in [0.05, 0.1) is 19.9 Å². The molecular weight excluding hydrogens is 392 g/mol. The minimum Gasteiger partial charge on any atom is -0.493 e. The van der Waals surface area contributed by atoms with Crippen molar-refractivity contribution in [2.24, 2.45) is 5.10 Å². The van der Waals surface area contributed by atoms with E-state index in [1.54, 1.807) is 13.3 Å². The Morgan fingerprint density at radius 3 is 2.58 bits per heavy atom. The normalized spacial score (nSPS) is 14.6. The number of para-hydroxylation sites is 1. The summed E-state index contributed by atoms with van der Waals surface area (Å²) in [6, 6.07) is 16.0. The molecule has 1 aliphatic heterocycles. The minimum atomic E-state index is -0.0865. The summed E-state index contributed by atoms with van der Waals surface area (Å²) in [4.78, 5) is 16.9. The molecular formula is C24H32N4O3. The predicted octanol–water partition coefficient (Wildman–Crippen LogP) is 3.15. The van der Waals surface area contributed by atoms with E-state index in [9.17, 15) is 4.79 Å². The Labute approximate surface area is 184 Å². The number of ether oxygens (including phenoxy) is 2. The third-order valence-electron chi connectivity index (χ3n) is 5.20. The molecule has 0 saturated carbocycles. The smallest absolute Gasteiger partial charge is 0.241 e. The lowest BCUT2D eigenvalue weighted by molar-refractivity contribution is -0.121. The van der Waals surface area contributed by atoms with Gasteiger partial charge in [-0.15, -0.1) is 0 Å². The van der Waals surface area contributed by atoms with Gasteiger partial charge in [-0.3, -0.25) is 9.69 Å². The van der Waals surface area contributed by atoms with E-state index in [1.165, 1.54) is 5.69 Å². The number of piperazine rings is 1. The second kappa shape index (κ2) is 12.0. The molecule has 2 aromatic carbocycles. The first-order chi connectivity index (χ1) is 15.2. The largest absolute Gasteiger partial charge is 0.493 e. The van der Waals surface area contributed by atoms with Crippen LogP contribution < -0.4 is 19.8 Å². The van der Waals surface area contributed by atoms with E-state index in [-0.39, 0.29) is 5.91 Å². The molecule has 31 heavy (non-hydrogen) atoms. The highest BCUT2D eigenvalue weighted by Gasteiger charge is 2.17. The lowest BCUT2D eigenvalue weighted by Gasteiger charge is -2.36. The minimum absolute atomic E-state index is 0.0865. The number of amides is 1. The topological polar surface area (TPSA) is 66.4 Å². The zero-order chi connectivity index (χ0) is 21.9. The first-order valence-corrected chi connectivity index (χ1v) is 10.8. The van der Waals surface area contributed by atoms with E-state index in [4.69, 9.17) is 9.47 Å². The van der Waals surface area contributed by atoms with E-state index < -0.39 is 0 Å². The van der Waals surface area contributed by atoms with Crippen LogP contribution in [-0.2, 0) is 4.79 Å². The molecule has 7 nitrogen and oxygen atoms in total. The summed E-state index contributed by atoms with van der Waals surface area (Å²) in [5.41, 5.74) is 4.70. The highest BCUT2D eigenvalue weighted by atomic mass is 16.5. The first kappa shape index (κ1) is 22.6. The number of rotatable bonds is 10. The Balaban J connectivity index is 1.39. The Morgan fingerprint density at radius 2 is 1.87 bits per heavy atom. The summed E-state index contributed by atoms with van der Waals surface area (Å²) < 4.78 is 11.0. The summed E-state index contributed by atoms with van der Waals surface area (Å²) in [5, 5.41) is 4.08. The lowest BCUT2D eigenvalue weighted by Crippen LogP contribution is -2.47. The quantitative estimate of drug-likeness (QED) is 0.469. The SMILES string of the molecule is CCCOc1ccc(/C=N/NC(=O)CCN2CCN(c3ccccc3)CC2)cc1OC. The zero-order valence-electron chi connectivity index (χ0n) is 18.4. The first-order valence-electron chi connectivity index (χ1n) is 10.8. The summed E-state index contributed by atoms with van der Waals surface area (Å²) in [5.74, 6) is 1.27. The van der Waals surface area contributed by atoms with Crippen LogP contribution in [-0.4, -0.2) is 63.5 Å². The summed E-state index contributed by atoms with van der Waals surface area (Å²) >= 11 is 0. The fourth-order valence-electron chi connectivity index (χ4n) is 3.46. The molecule has 1 saturated heterocycles. The number of anilines is 1. The van der Waals surface area contributed by atoms with Crippen molar-refractivity contribution in [1.82, 2.24) is 10.3 Å². The Hall–Kier alpha value is -3.06. The number of benzene rings is 2. The van der Waals surface area contributed by atoms with E-state index in [2.05, 4.69) is 51.5 Å². The monoisotopic (exact) mass is 424 g/mol. The lowest BCUT2D eigenvalue weighted by atomic mass is 10.2. The molecule has 0 spiro atoms. The number of nitrogens with zero attached hydrogens (tertiary/aromatic N) is 3. The number of carbonyl (C=O) groups is 1. The van der Waals surface area contributed by atoms with Crippen LogP contribution in [0.25, 0.3) is 0 Å². The predicted molar refractivity (Wildman–Crippen MR) is 124 cm³/mol. The summed E-state index contributed by atoms with van der Waals surface area (Å²) in [6.07, 6.45) is 2.97. The molecule has 1 heterocycles. The third-order valence-corrected chi connectivity index (χ3v) is 5.20. The van der Waals surface area contributed by atoms with E-state index in [0.29, 0.717) is 24.5 Å². The molecule has 2 aromatic rings. The van der Waals surface area contributed by atoms with Gasteiger partial charge in [-0.25, -0.2) is 5.43 Å². The highest BCUT2D eigenvalue weighted by molar-refractivity contribution is 5.83. The number of hydrogen-bond donors (Lipinski definition) is 1. The van der Waals surface area contributed by atoms with Gasteiger partial charge in [0.25, 0.3) is 0 Å². The van der Waals surface area contributed by atoms with Gasteiger partial charge in [0.2, 0.25) is 5.91 Å². The second-order valence-electron chi connectivity index (χ2n) is 7.47. The fraction of sp³-hybridized carbons (Fsp3) is 0.417. The highest BCUT2D eigenvalue weighted by Crippen LogP contribution is 2.27. The van der Waals surface area contributed by atoms with Gasteiger partial charge in [-0.05, 0) is 42.3 Å². The number of hydrazone groups is 1. The molecule has 0 aromatic heterocycles. The van der Waals surface area contributed by atoms with Crippen molar-refractivity contribution in [3.05, 3.63) is 54.1 Å². The van der Waals surface area contributed by atoms with Crippen LogP contribution in [0.2, 0.25) is 0 Å². The molecule has 1 amide bonds. The second-order valence-corrected chi connectivity index (χ2v) is 7.47. The van der Waals surface area contributed by atoms with Gasteiger partial charge in [0.15, 0.2) is 11.5 Å². The van der Waals surface area contributed by atoms with Crippen LogP contribution in [0.15, 0.2) is 53.6 Å². The molecule has 166 valence electrons. The molecule has 0 aliphatic carbocycles. The average Bonchev–Trinajstić information content (AvgIpc) is 2.82. The molecule has 1 N–H and O–H groups in total. The van der Waals surface area contributed by atoms with E-state index in [0.717, 1.165) is 44.7 Å². The molecule has 1 aliphatic rings. The summed E-state index contributed by atoms with van der Waals surface area (Å²) in [7, 11) is 1.61. The molecule has 1 fully saturated rings. The standard InChI is InChI=1S/C24H32N4O3/c1-3-17-31-22-10-9-20(18-23(22)30-2)19-25-26-24(29)11-12-27-13-15-28(16-14-27)21-7-5-4-6-8-21/h4-10,18-19H,3,11-17H2,1-2H3,(H,26,29)/b25-19+. The maximum absolute atomic E-state index is 12.2. The Bertz CT molecular complexity index is 849. The molecule has 0 atom stereocenters. The summed E-state index contributed by atoms with van der Waals surface area (Å²) in [6.45, 7) is 7.30. The zero-order valence-corrected chi connectivity index (χ0v) is 18.4. The molecule has 0 radical (unpaired) electrons. The Morgan fingerprint density at radius 1 is 1.10 bits per heavy atom. The van der Waals surface area contributed by atoms with Crippen molar-refractivity contribution in [3.8, 4) is 11.5 Å². The van der Waals surface area contributed by atoms with Crippen molar-refractivity contribution >= 4 is 17.8 Å². The molecule has 3 rings (SSSR count). The van der Waals surface area contributed by atoms with E-state index >= 15 is 0 Å². The number of carbonyl (C=O) groups excluding carboxylic acids is 1. The van der Waals surface area contributed by atoms with Gasteiger partial charge < -0.3 is 14.4 Å². The van der Waals surface area contributed by atoms with Gasteiger partial charge in [-0.1, -0.05) is 25.1 Å². The number of hydrogen-bond acceptors (Lipinski definition) is 6. The fourth-order valence-corrected chi connectivity index (χ4v) is 3.46. The van der Waals surface area contributed by atoms with Crippen LogP contribution >= 0.6 is 0 Å².